The van der Waals surface area contributed by atoms with Crippen LogP contribution >= 0.6 is 0 Å². The summed E-state index contributed by atoms with van der Waals surface area (Å²) in [6, 6.07) is 0. The lowest BCUT2D eigenvalue weighted by atomic mass is 9.71. The van der Waals surface area contributed by atoms with E-state index in [1.54, 1.807) is 0 Å². The monoisotopic (exact) mass is 202 g/mol. The Morgan fingerprint density at radius 3 is 2.53 bits per heavy atom. The number of ether oxygens (including phenoxy) is 1. The number of hydrogen-bond donors (Lipinski definition) is 0. The van der Waals surface area contributed by atoms with E-state index in [0.29, 0.717) is 17.3 Å². The van der Waals surface area contributed by atoms with Gasteiger partial charge in [-0.15, -0.1) is 0 Å². The van der Waals surface area contributed by atoms with Crippen LogP contribution in [0.1, 0.15) is 12.8 Å². The van der Waals surface area contributed by atoms with Crippen LogP contribution in [0.2, 0.25) is 0 Å². The van der Waals surface area contributed by atoms with Crippen molar-refractivity contribution >= 4 is 11.9 Å². The fraction of sp³-hybridized carbons (Fsp3) is 0.667. The van der Waals surface area contributed by atoms with Gasteiger partial charge in [0.2, 0.25) is 0 Å². The van der Waals surface area contributed by atoms with E-state index < -0.39 is 0 Å². The van der Waals surface area contributed by atoms with Gasteiger partial charge in [0, 0.05) is 11.3 Å². The van der Waals surface area contributed by atoms with E-state index in [-0.39, 0.29) is 29.2 Å². The zero-order valence-electron chi connectivity index (χ0n) is 8.10. The van der Waals surface area contributed by atoms with Gasteiger partial charge in [0.05, 0.1) is 11.8 Å². The fourth-order valence-corrected chi connectivity index (χ4v) is 5.09. The maximum atomic E-state index is 11.7. The van der Waals surface area contributed by atoms with Crippen molar-refractivity contribution in [1.82, 2.24) is 0 Å². The third kappa shape index (κ3) is 0.440. The minimum atomic E-state index is -0.262. The number of cyclic esters (lactones) is 2. The lowest BCUT2D eigenvalue weighted by Crippen LogP contribution is -2.31. The second-order valence-corrected chi connectivity index (χ2v) is 5.74. The van der Waals surface area contributed by atoms with Crippen LogP contribution in [0.5, 0.6) is 0 Å². The van der Waals surface area contributed by atoms with E-state index in [2.05, 4.69) is 12.2 Å². The second kappa shape index (κ2) is 1.58. The Bertz CT molecular complexity index is 473. The molecule has 0 aromatic carbocycles. The number of esters is 2. The molecule has 0 aromatic heterocycles. The van der Waals surface area contributed by atoms with Gasteiger partial charge in [-0.2, -0.15) is 0 Å². The van der Waals surface area contributed by atoms with E-state index in [0.717, 1.165) is 0 Å². The van der Waals surface area contributed by atoms with Crippen molar-refractivity contribution in [3.05, 3.63) is 12.2 Å². The first-order valence-electron chi connectivity index (χ1n) is 5.67. The molecule has 3 saturated carbocycles. The summed E-state index contributed by atoms with van der Waals surface area (Å²) < 4.78 is 4.78. The van der Waals surface area contributed by atoms with Gasteiger partial charge < -0.3 is 4.74 Å². The molecule has 5 atom stereocenters. The molecule has 0 radical (unpaired) electrons. The maximum absolute atomic E-state index is 11.7. The summed E-state index contributed by atoms with van der Waals surface area (Å²) >= 11 is 0. The van der Waals surface area contributed by atoms with E-state index in [9.17, 15) is 9.59 Å². The number of allylic oxidation sites excluding steroid dienone is 2. The molecule has 76 valence electrons. The van der Waals surface area contributed by atoms with Gasteiger partial charge in [-0.25, -0.2) is 0 Å². The molecule has 3 nitrogen and oxygen atoms in total. The molecule has 4 fully saturated rings. The summed E-state index contributed by atoms with van der Waals surface area (Å²) in [5.41, 5.74) is 0.689. The fourth-order valence-electron chi connectivity index (χ4n) is 5.09. The SMILES string of the molecule is O=C1OC(=O)C2C1C1C=CC13C2C31CC1. The molecule has 5 rings (SSSR count). The first kappa shape index (κ1) is 7.20. The van der Waals surface area contributed by atoms with Gasteiger partial charge in [-0.05, 0) is 24.2 Å². The molecule has 5 unspecified atom stereocenters. The Balaban J connectivity index is 1.73. The highest BCUT2D eigenvalue weighted by molar-refractivity contribution is 5.99. The highest BCUT2D eigenvalue weighted by Gasteiger charge is 2.93. The molecule has 0 amide bonds. The Morgan fingerprint density at radius 2 is 1.93 bits per heavy atom. The van der Waals surface area contributed by atoms with Crippen molar-refractivity contribution in [2.45, 2.75) is 12.8 Å². The third-order valence-electron chi connectivity index (χ3n) is 5.69. The molecule has 3 heteroatoms. The highest BCUT2D eigenvalue weighted by Crippen LogP contribution is 2.94. The van der Waals surface area contributed by atoms with Gasteiger partial charge >= 0.3 is 11.9 Å². The van der Waals surface area contributed by atoms with E-state index >= 15 is 0 Å². The summed E-state index contributed by atoms with van der Waals surface area (Å²) in [5.74, 6) is 0.0488. The molecule has 0 bridgehead atoms. The standard InChI is InChI=1S/C12H10O3/c13-9-6-5-1-2-12(5)8(11(12)3-4-11)7(6)10(14)15-9/h1-2,5-8H,3-4H2. The highest BCUT2D eigenvalue weighted by atomic mass is 16.6. The minimum Gasteiger partial charge on any atom is -0.393 e. The van der Waals surface area contributed by atoms with Gasteiger partial charge in [-0.1, -0.05) is 12.2 Å². The van der Waals surface area contributed by atoms with Crippen molar-refractivity contribution in [2.24, 2.45) is 34.5 Å². The topological polar surface area (TPSA) is 43.4 Å². The number of carbonyl (C=O) groups is 2. The molecule has 1 saturated heterocycles. The Morgan fingerprint density at radius 1 is 1.20 bits per heavy atom. The lowest BCUT2D eigenvalue weighted by molar-refractivity contribution is -0.154. The van der Waals surface area contributed by atoms with Crippen LogP contribution in [-0.4, -0.2) is 11.9 Å². The second-order valence-electron chi connectivity index (χ2n) is 5.74. The smallest absolute Gasteiger partial charge is 0.318 e. The van der Waals surface area contributed by atoms with E-state index in [4.69, 9.17) is 4.74 Å². The van der Waals surface area contributed by atoms with Crippen LogP contribution in [0.15, 0.2) is 12.2 Å². The zero-order valence-corrected chi connectivity index (χ0v) is 8.10. The van der Waals surface area contributed by atoms with E-state index in [1.807, 2.05) is 0 Å². The Hall–Kier alpha value is -1.12. The molecule has 5 aliphatic rings. The van der Waals surface area contributed by atoms with Crippen LogP contribution in [0.3, 0.4) is 0 Å². The number of fused-ring (bicyclic) bond motifs is 4. The summed E-state index contributed by atoms with van der Waals surface area (Å²) in [5, 5.41) is 0. The molecule has 1 heterocycles. The summed E-state index contributed by atoms with van der Waals surface area (Å²) in [4.78, 5) is 23.2. The van der Waals surface area contributed by atoms with Gasteiger partial charge in [0.1, 0.15) is 0 Å². The summed E-state index contributed by atoms with van der Waals surface area (Å²) in [6.45, 7) is 0. The molecule has 15 heavy (non-hydrogen) atoms. The number of hydrogen-bond acceptors (Lipinski definition) is 3. The molecule has 1 aliphatic heterocycles. The lowest BCUT2D eigenvalue weighted by Gasteiger charge is -2.31. The Labute approximate surface area is 86.5 Å². The Kier molecular flexibility index (Phi) is 0.760. The average molecular weight is 202 g/mol. The molecule has 0 aromatic rings. The maximum Gasteiger partial charge on any atom is 0.318 e. The molecular formula is C12H10O3. The van der Waals surface area contributed by atoms with Crippen molar-refractivity contribution in [2.75, 3.05) is 0 Å². The normalized spacial score (nSPS) is 59.5. The molecule has 4 aliphatic carbocycles. The van der Waals surface area contributed by atoms with Crippen molar-refractivity contribution < 1.29 is 14.3 Å². The van der Waals surface area contributed by atoms with Crippen LogP contribution < -0.4 is 0 Å². The summed E-state index contributed by atoms with van der Waals surface area (Å²) in [6.07, 6.45) is 6.91. The molecule has 2 spiro atoms. The first-order chi connectivity index (χ1) is 7.22. The summed E-state index contributed by atoms with van der Waals surface area (Å²) in [7, 11) is 0. The van der Waals surface area contributed by atoms with E-state index in [1.165, 1.54) is 12.8 Å². The predicted octanol–water partition coefficient (Wildman–Crippen LogP) is 0.898. The quantitative estimate of drug-likeness (QED) is 0.333. The van der Waals surface area contributed by atoms with Crippen molar-refractivity contribution in [3.63, 3.8) is 0 Å². The minimum absolute atomic E-state index is 0.0972. The molecular weight excluding hydrogens is 192 g/mol. The van der Waals surface area contributed by atoms with Gasteiger partial charge in [-0.3, -0.25) is 9.59 Å². The van der Waals surface area contributed by atoms with Gasteiger partial charge in [0.15, 0.2) is 0 Å². The third-order valence-corrected chi connectivity index (χ3v) is 5.69. The number of carbonyl (C=O) groups excluding carboxylic acids is 2. The average Bonchev–Trinajstić information content (AvgIpc) is 2.99. The van der Waals surface area contributed by atoms with Crippen LogP contribution in [0.4, 0.5) is 0 Å². The van der Waals surface area contributed by atoms with Crippen LogP contribution in [0, 0.1) is 34.5 Å². The largest absolute Gasteiger partial charge is 0.393 e. The van der Waals surface area contributed by atoms with Crippen LogP contribution in [-0.2, 0) is 14.3 Å². The van der Waals surface area contributed by atoms with Crippen molar-refractivity contribution in [1.29, 1.82) is 0 Å². The van der Waals surface area contributed by atoms with Gasteiger partial charge in [0.25, 0.3) is 0 Å². The zero-order chi connectivity index (χ0) is 10.00. The first-order valence-corrected chi connectivity index (χ1v) is 5.67. The van der Waals surface area contributed by atoms with Crippen LogP contribution in [0.25, 0.3) is 0 Å². The van der Waals surface area contributed by atoms with Crippen molar-refractivity contribution in [3.8, 4) is 0 Å². The molecule has 0 N–H and O–H groups in total. The number of rotatable bonds is 0. The predicted molar refractivity (Wildman–Crippen MR) is 48.3 cm³/mol.